The van der Waals surface area contributed by atoms with Crippen LogP contribution < -0.4 is 10.5 Å². The van der Waals surface area contributed by atoms with Gasteiger partial charge in [0, 0.05) is 13.0 Å². The standard InChI is InChI=1S/C14H21N5O/c1-4-6-12-17-13(15)10(3)14(18-12)20-11-8-16-19(9-11)7-5-2/h8-9H,4-7H2,1-3H3,(H2,15,17,18). The van der Waals surface area contributed by atoms with E-state index in [1.807, 2.05) is 17.8 Å². The Morgan fingerprint density at radius 3 is 2.75 bits per heavy atom. The van der Waals surface area contributed by atoms with E-state index in [4.69, 9.17) is 10.5 Å². The molecular weight excluding hydrogens is 254 g/mol. The van der Waals surface area contributed by atoms with E-state index in [-0.39, 0.29) is 0 Å². The highest BCUT2D eigenvalue weighted by Crippen LogP contribution is 2.25. The zero-order chi connectivity index (χ0) is 14.5. The van der Waals surface area contributed by atoms with Gasteiger partial charge in [0.25, 0.3) is 0 Å². The Morgan fingerprint density at radius 2 is 2.05 bits per heavy atom. The number of aryl methyl sites for hydroxylation is 2. The second-order valence-electron chi connectivity index (χ2n) is 4.75. The molecule has 0 aromatic carbocycles. The van der Waals surface area contributed by atoms with Crippen molar-refractivity contribution in [3.05, 3.63) is 23.8 Å². The van der Waals surface area contributed by atoms with Crippen molar-refractivity contribution in [2.24, 2.45) is 0 Å². The van der Waals surface area contributed by atoms with Crippen molar-refractivity contribution in [3.8, 4) is 11.6 Å². The summed E-state index contributed by atoms with van der Waals surface area (Å²) in [5.41, 5.74) is 6.66. The molecule has 0 aliphatic heterocycles. The van der Waals surface area contributed by atoms with Gasteiger partial charge in [-0.1, -0.05) is 13.8 Å². The van der Waals surface area contributed by atoms with E-state index in [0.717, 1.165) is 31.4 Å². The highest BCUT2D eigenvalue weighted by atomic mass is 16.5. The number of rotatable bonds is 6. The maximum Gasteiger partial charge on any atom is 0.227 e. The minimum atomic E-state index is 0.472. The third-order valence-corrected chi connectivity index (χ3v) is 2.94. The van der Waals surface area contributed by atoms with Crippen LogP contribution in [0.2, 0.25) is 0 Å². The van der Waals surface area contributed by atoms with Crippen molar-refractivity contribution in [2.45, 2.75) is 46.6 Å². The summed E-state index contributed by atoms with van der Waals surface area (Å²) in [6, 6.07) is 0. The molecule has 108 valence electrons. The van der Waals surface area contributed by atoms with E-state index in [2.05, 4.69) is 28.9 Å². The largest absolute Gasteiger partial charge is 0.435 e. The molecule has 0 spiro atoms. The lowest BCUT2D eigenvalue weighted by atomic mass is 10.3. The number of nitrogen functional groups attached to an aromatic ring is 1. The Kier molecular flexibility index (Phi) is 4.55. The molecule has 0 aliphatic carbocycles. The fraction of sp³-hybridized carbons (Fsp3) is 0.500. The van der Waals surface area contributed by atoms with Crippen molar-refractivity contribution in [1.29, 1.82) is 0 Å². The molecule has 6 heteroatoms. The van der Waals surface area contributed by atoms with Crippen LogP contribution in [0.5, 0.6) is 11.6 Å². The zero-order valence-corrected chi connectivity index (χ0v) is 12.3. The summed E-state index contributed by atoms with van der Waals surface area (Å²) in [5.74, 6) is 2.37. The van der Waals surface area contributed by atoms with Crippen LogP contribution in [0.15, 0.2) is 12.4 Å². The Labute approximate surface area is 119 Å². The van der Waals surface area contributed by atoms with E-state index in [0.29, 0.717) is 23.3 Å². The molecule has 2 rings (SSSR count). The maximum absolute atomic E-state index is 5.91. The van der Waals surface area contributed by atoms with Crippen LogP contribution in [-0.2, 0) is 13.0 Å². The van der Waals surface area contributed by atoms with Gasteiger partial charge in [0.1, 0.15) is 11.6 Å². The smallest absolute Gasteiger partial charge is 0.227 e. The van der Waals surface area contributed by atoms with Crippen molar-refractivity contribution < 1.29 is 4.74 Å². The summed E-state index contributed by atoms with van der Waals surface area (Å²) < 4.78 is 7.64. The van der Waals surface area contributed by atoms with E-state index >= 15 is 0 Å². The molecule has 0 saturated heterocycles. The first-order valence-electron chi connectivity index (χ1n) is 6.97. The molecule has 0 fully saturated rings. The Balaban J connectivity index is 2.22. The lowest BCUT2D eigenvalue weighted by Gasteiger charge is -2.09. The van der Waals surface area contributed by atoms with Gasteiger partial charge in [0.2, 0.25) is 5.88 Å². The predicted molar refractivity (Wildman–Crippen MR) is 77.8 cm³/mol. The summed E-state index contributed by atoms with van der Waals surface area (Å²) in [4.78, 5) is 8.69. The van der Waals surface area contributed by atoms with Crippen molar-refractivity contribution >= 4 is 5.82 Å². The summed E-state index contributed by atoms with van der Waals surface area (Å²) in [5, 5.41) is 4.23. The van der Waals surface area contributed by atoms with Crippen molar-refractivity contribution in [2.75, 3.05) is 5.73 Å². The monoisotopic (exact) mass is 275 g/mol. The van der Waals surface area contributed by atoms with E-state index < -0.39 is 0 Å². The fourth-order valence-corrected chi connectivity index (χ4v) is 1.85. The average Bonchev–Trinajstić information content (AvgIpc) is 2.84. The number of aromatic nitrogens is 4. The second kappa shape index (κ2) is 6.36. The van der Waals surface area contributed by atoms with Crippen molar-refractivity contribution in [3.63, 3.8) is 0 Å². The molecule has 0 unspecified atom stereocenters. The predicted octanol–water partition coefficient (Wildman–Crippen LogP) is 2.72. The normalized spacial score (nSPS) is 10.8. The molecule has 6 nitrogen and oxygen atoms in total. The summed E-state index contributed by atoms with van der Waals surface area (Å²) in [7, 11) is 0. The van der Waals surface area contributed by atoms with E-state index in [1.54, 1.807) is 6.20 Å². The van der Waals surface area contributed by atoms with Gasteiger partial charge < -0.3 is 10.5 Å². The molecule has 0 amide bonds. The Morgan fingerprint density at radius 1 is 1.25 bits per heavy atom. The van der Waals surface area contributed by atoms with Crippen LogP contribution in [0.4, 0.5) is 5.82 Å². The third kappa shape index (κ3) is 3.26. The lowest BCUT2D eigenvalue weighted by molar-refractivity contribution is 0.453. The summed E-state index contributed by atoms with van der Waals surface area (Å²) in [6.07, 6.45) is 6.33. The Hall–Kier alpha value is -2.11. The average molecular weight is 275 g/mol. The molecule has 0 atom stereocenters. The van der Waals surface area contributed by atoms with E-state index in [9.17, 15) is 0 Å². The molecule has 2 aromatic rings. The minimum absolute atomic E-state index is 0.472. The van der Waals surface area contributed by atoms with Gasteiger partial charge >= 0.3 is 0 Å². The van der Waals surface area contributed by atoms with Crippen molar-refractivity contribution in [1.82, 2.24) is 19.7 Å². The van der Waals surface area contributed by atoms with E-state index in [1.165, 1.54) is 0 Å². The highest BCUT2D eigenvalue weighted by molar-refractivity contribution is 5.45. The Bertz CT molecular complexity index is 579. The van der Waals surface area contributed by atoms with Gasteiger partial charge in [-0.15, -0.1) is 0 Å². The van der Waals surface area contributed by atoms with Crippen LogP contribution >= 0.6 is 0 Å². The minimum Gasteiger partial charge on any atom is -0.435 e. The fourth-order valence-electron chi connectivity index (χ4n) is 1.85. The highest BCUT2D eigenvalue weighted by Gasteiger charge is 2.11. The molecule has 20 heavy (non-hydrogen) atoms. The number of ether oxygens (including phenoxy) is 1. The quantitative estimate of drug-likeness (QED) is 0.876. The first-order chi connectivity index (χ1) is 9.63. The summed E-state index contributed by atoms with van der Waals surface area (Å²) >= 11 is 0. The van der Waals surface area contributed by atoms with Gasteiger partial charge in [0.15, 0.2) is 5.75 Å². The van der Waals surface area contributed by atoms with Crippen LogP contribution in [0.25, 0.3) is 0 Å². The van der Waals surface area contributed by atoms with Crippen LogP contribution in [0.1, 0.15) is 38.1 Å². The van der Waals surface area contributed by atoms with Gasteiger partial charge in [-0.3, -0.25) is 4.68 Å². The zero-order valence-electron chi connectivity index (χ0n) is 12.3. The molecule has 0 bridgehead atoms. The number of nitrogens with two attached hydrogens (primary N) is 1. The number of hydrogen-bond donors (Lipinski definition) is 1. The number of hydrogen-bond acceptors (Lipinski definition) is 5. The molecule has 0 radical (unpaired) electrons. The number of nitrogens with zero attached hydrogens (tertiary/aromatic N) is 4. The van der Waals surface area contributed by atoms with Crippen LogP contribution in [-0.4, -0.2) is 19.7 Å². The van der Waals surface area contributed by atoms with Gasteiger partial charge in [-0.2, -0.15) is 10.1 Å². The third-order valence-electron chi connectivity index (χ3n) is 2.94. The number of anilines is 1. The van der Waals surface area contributed by atoms with Crippen LogP contribution in [0.3, 0.4) is 0 Å². The molecule has 0 saturated carbocycles. The van der Waals surface area contributed by atoms with Gasteiger partial charge in [0.05, 0.1) is 18.0 Å². The maximum atomic E-state index is 5.91. The van der Waals surface area contributed by atoms with Crippen LogP contribution in [0, 0.1) is 6.92 Å². The molecule has 2 heterocycles. The molecule has 0 aliphatic rings. The molecular formula is C14H21N5O. The molecule has 2 N–H and O–H groups in total. The van der Waals surface area contributed by atoms with Gasteiger partial charge in [-0.05, 0) is 19.8 Å². The molecule has 2 aromatic heterocycles. The van der Waals surface area contributed by atoms with Gasteiger partial charge in [-0.25, -0.2) is 4.98 Å². The lowest BCUT2D eigenvalue weighted by Crippen LogP contribution is -2.04. The second-order valence-corrected chi connectivity index (χ2v) is 4.75. The first-order valence-corrected chi connectivity index (χ1v) is 6.97. The first kappa shape index (κ1) is 14.3. The topological polar surface area (TPSA) is 78.9 Å². The summed E-state index contributed by atoms with van der Waals surface area (Å²) in [6.45, 7) is 6.91. The SMILES string of the molecule is CCCc1nc(N)c(C)c(Oc2cnn(CCC)c2)n1.